The molecule has 0 radical (unpaired) electrons. The molecule has 5 nitrogen and oxygen atoms in total. The van der Waals surface area contributed by atoms with Crippen molar-refractivity contribution >= 4 is 11.7 Å². The topological polar surface area (TPSA) is 63.2 Å². The van der Waals surface area contributed by atoms with E-state index < -0.39 is 0 Å². The maximum atomic E-state index is 12.0. The van der Waals surface area contributed by atoms with Gasteiger partial charge in [0.25, 0.3) is 5.91 Å². The minimum Gasteiger partial charge on any atom is -0.453 e. The monoisotopic (exact) mass is 255 g/mol. The molecule has 96 valence electrons. The number of hydrogen-bond donors (Lipinski definition) is 2. The Labute approximate surface area is 110 Å². The van der Waals surface area contributed by atoms with Gasteiger partial charge in [-0.25, -0.2) is 4.98 Å². The molecular formula is C14H13N3O2. The Morgan fingerprint density at radius 1 is 1.00 bits per heavy atom. The Kier molecular flexibility index (Phi) is 3.02. The van der Waals surface area contributed by atoms with Crippen LogP contribution in [0.5, 0.6) is 11.5 Å². The summed E-state index contributed by atoms with van der Waals surface area (Å²) < 4.78 is 5.80. The maximum absolute atomic E-state index is 12.0. The predicted molar refractivity (Wildman–Crippen MR) is 71.6 cm³/mol. The molecule has 0 aliphatic carbocycles. The van der Waals surface area contributed by atoms with Crippen LogP contribution in [0.15, 0.2) is 42.6 Å². The van der Waals surface area contributed by atoms with E-state index in [1.165, 1.54) is 0 Å². The minimum absolute atomic E-state index is 0.134. The second-order valence-electron chi connectivity index (χ2n) is 4.13. The van der Waals surface area contributed by atoms with E-state index in [-0.39, 0.29) is 5.91 Å². The van der Waals surface area contributed by atoms with Crippen molar-refractivity contribution in [1.82, 2.24) is 10.3 Å². The number of ether oxygens (including phenoxy) is 1. The van der Waals surface area contributed by atoms with Gasteiger partial charge in [-0.3, -0.25) is 4.79 Å². The third kappa shape index (κ3) is 2.35. The van der Waals surface area contributed by atoms with Gasteiger partial charge < -0.3 is 15.4 Å². The van der Waals surface area contributed by atoms with E-state index in [0.29, 0.717) is 36.0 Å². The molecule has 5 heteroatoms. The SMILES string of the molecule is O=C1NCCNc2ncccc2Oc2ccccc21. The molecule has 0 unspecified atom stereocenters. The van der Waals surface area contributed by atoms with Crippen LogP contribution in [-0.4, -0.2) is 24.0 Å². The molecular weight excluding hydrogens is 242 g/mol. The largest absolute Gasteiger partial charge is 0.453 e. The summed E-state index contributed by atoms with van der Waals surface area (Å²) in [4.78, 5) is 16.2. The average Bonchev–Trinajstić information content (AvgIpc) is 2.45. The van der Waals surface area contributed by atoms with Gasteiger partial charge in [0.2, 0.25) is 0 Å². The van der Waals surface area contributed by atoms with Crippen LogP contribution >= 0.6 is 0 Å². The number of fused-ring (bicyclic) bond motifs is 2. The van der Waals surface area contributed by atoms with Crippen molar-refractivity contribution in [3.8, 4) is 11.5 Å². The fraction of sp³-hybridized carbons (Fsp3) is 0.143. The third-order valence-electron chi connectivity index (χ3n) is 2.83. The summed E-state index contributed by atoms with van der Waals surface area (Å²) in [7, 11) is 0. The van der Waals surface area contributed by atoms with Crippen LogP contribution in [-0.2, 0) is 0 Å². The zero-order valence-electron chi connectivity index (χ0n) is 10.2. The van der Waals surface area contributed by atoms with Crippen LogP contribution in [0, 0.1) is 0 Å². The molecule has 2 N–H and O–H groups in total. The van der Waals surface area contributed by atoms with E-state index in [0.717, 1.165) is 0 Å². The molecule has 1 amide bonds. The van der Waals surface area contributed by atoms with Crippen molar-refractivity contribution in [2.75, 3.05) is 18.4 Å². The Bertz CT molecular complexity index is 613. The standard InChI is InChI=1S/C14H13N3O2/c18-14-10-4-1-2-5-11(10)19-12-6-3-7-15-13(12)16-8-9-17-14/h1-7H,8-9H2,(H,15,16)(H,17,18). The zero-order valence-corrected chi connectivity index (χ0v) is 10.2. The number of carbonyl (C=O) groups excluding carboxylic acids is 1. The van der Waals surface area contributed by atoms with Crippen molar-refractivity contribution in [3.05, 3.63) is 48.2 Å². The fourth-order valence-corrected chi connectivity index (χ4v) is 1.92. The lowest BCUT2D eigenvalue weighted by Crippen LogP contribution is -2.29. The highest BCUT2D eigenvalue weighted by molar-refractivity contribution is 5.97. The molecule has 2 aromatic rings. The molecule has 0 atom stereocenters. The number of hydrogen-bond acceptors (Lipinski definition) is 4. The Morgan fingerprint density at radius 2 is 1.79 bits per heavy atom. The van der Waals surface area contributed by atoms with E-state index in [9.17, 15) is 4.79 Å². The fourth-order valence-electron chi connectivity index (χ4n) is 1.92. The normalized spacial score (nSPS) is 14.2. The molecule has 0 saturated heterocycles. The van der Waals surface area contributed by atoms with Crippen LogP contribution in [0.1, 0.15) is 10.4 Å². The van der Waals surface area contributed by atoms with Gasteiger partial charge in [-0.05, 0) is 24.3 Å². The van der Waals surface area contributed by atoms with Gasteiger partial charge in [0.1, 0.15) is 5.75 Å². The van der Waals surface area contributed by atoms with Crippen LogP contribution in [0.25, 0.3) is 0 Å². The molecule has 19 heavy (non-hydrogen) atoms. The highest BCUT2D eigenvalue weighted by Crippen LogP contribution is 2.30. The number of nitrogens with one attached hydrogen (secondary N) is 2. The molecule has 0 fully saturated rings. The second kappa shape index (κ2) is 4.97. The zero-order chi connectivity index (χ0) is 13.1. The smallest absolute Gasteiger partial charge is 0.255 e. The van der Waals surface area contributed by atoms with Crippen molar-refractivity contribution in [3.63, 3.8) is 0 Å². The van der Waals surface area contributed by atoms with E-state index in [2.05, 4.69) is 15.6 Å². The number of para-hydroxylation sites is 1. The van der Waals surface area contributed by atoms with E-state index in [4.69, 9.17) is 4.74 Å². The summed E-state index contributed by atoms with van der Waals surface area (Å²) in [5.41, 5.74) is 0.527. The minimum atomic E-state index is -0.134. The number of rotatable bonds is 0. The quantitative estimate of drug-likeness (QED) is 0.756. The number of anilines is 1. The number of nitrogens with zero attached hydrogens (tertiary/aromatic N) is 1. The Balaban J connectivity index is 2.06. The predicted octanol–water partition coefficient (Wildman–Crippen LogP) is 2.03. The van der Waals surface area contributed by atoms with Crippen molar-refractivity contribution in [1.29, 1.82) is 0 Å². The number of benzene rings is 1. The van der Waals surface area contributed by atoms with E-state index in [1.807, 2.05) is 18.2 Å². The van der Waals surface area contributed by atoms with Gasteiger partial charge in [-0.2, -0.15) is 0 Å². The summed E-state index contributed by atoms with van der Waals surface area (Å²) in [5.74, 6) is 1.68. The Morgan fingerprint density at radius 3 is 2.74 bits per heavy atom. The summed E-state index contributed by atoms with van der Waals surface area (Å²) in [6.07, 6.45) is 1.70. The molecule has 0 saturated carbocycles. The Hall–Kier alpha value is -2.56. The molecule has 2 heterocycles. The van der Waals surface area contributed by atoms with Gasteiger partial charge in [-0.1, -0.05) is 12.1 Å². The highest BCUT2D eigenvalue weighted by atomic mass is 16.5. The third-order valence-corrected chi connectivity index (χ3v) is 2.83. The number of aromatic nitrogens is 1. The lowest BCUT2D eigenvalue weighted by molar-refractivity contribution is 0.0952. The lowest BCUT2D eigenvalue weighted by Gasteiger charge is -2.16. The van der Waals surface area contributed by atoms with Crippen molar-refractivity contribution in [2.45, 2.75) is 0 Å². The van der Waals surface area contributed by atoms with Crippen LogP contribution < -0.4 is 15.4 Å². The first kappa shape index (κ1) is 11.5. The molecule has 0 spiro atoms. The van der Waals surface area contributed by atoms with Gasteiger partial charge in [-0.15, -0.1) is 0 Å². The first-order valence-corrected chi connectivity index (χ1v) is 6.08. The van der Waals surface area contributed by atoms with Gasteiger partial charge in [0.15, 0.2) is 11.6 Å². The van der Waals surface area contributed by atoms with Crippen molar-refractivity contribution in [2.24, 2.45) is 0 Å². The summed E-state index contributed by atoms with van der Waals surface area (Å²) >= 11 is 0. The maximum Gasteiger partial charge on any atom is 0.255 e. The number of carbonyl (C=O) groups is 1. The summed E-state index contributed by atoms with van der Waals surface area (Å²) in [6, 6.07) is 10.8. The molecule has 1 aliphatic rings. The summed E-state index contributed by atoms with van der Waals surface area (Å²) in [6.45, 7) is 1.13. The van der Waals surface area contributed by atoms with E-state index in [1.54, 1.807) is 24.4 Å². The molecule has 0 bridgehead atoms. The molecule has 1 aliphatic heterocycles. The molecule has 3 rings (SSSR count). The number of pyridine rings is 1. The molecule has 1 aromatic carbocycles. The van der Waals surface area contributed by atoms with Gasteiger partial charge >= 0.3 is 0 Å². The average molecular weight is 255 g/mol. The lowest BCUT2D eigenvalue weighted by atomic mass is 10.2. The second-order valence-corrected chi connectivity index (χ2v) is 4.13. The first-order valence-electron chi connectivity index (χ1n) is 6.08. The van der Waals surface area contributed by atoms with Crippen molar-refractivity contribution < 1.29 is 9.53 Å². The van der Waals surface area contributed by atoms with Crippen LogP contribution in [0.4, 0.5) is 5.82 Å². The summed E-state index contributed by atoms with van der Waals surface area (Å²) in [5, 5.41) is 5.96. The first-order chi connectivity index (χ1) is 9.34. The van der Waals surface area contributed by atoms with Crippen LogP contribution in [0.3, 0.4) is 0 Å². The van der Waals surface area contributed by atoms with E-state index >= 15 is 0 Å². The number of amides is 1. The highest BCUT2D eigenvalue weighted by Gasteiger charge is 2.15. The van der Waals surface area contributed by atoms with Crippen LogP contribution in [0.2, 0.25) is 0 Å². The molecule has 1 aromatic heterocycles. The van der Waals surface area contributed by atoms with Gasteiger partial charge in [0.05, 0.1) is 5.56 Å². The van der Waals surface area contributed by atoms with Gasteiger partial charge in [0, 0.05) is 19.3 Å².